The summed E-state index contributed by atoms with van der Waals surface area (Å²) in [5.41, 5.74) is 4.15. The Kier molecular flexibility index (Phi) is 4.06. The Bertz CT molecular complexity index is 872. The highest BCUT2D eigenvalue weighted by atomic mass is 19.1. The molecule has 0 bridgehead atoms. The fourth-order valence-electron chi connectivity index (χ4n) is 2.59. The zero-order valence-corrected chi connectivity index (χ0v) is 13.1. The molecule has 4 heteroatoms. The first-order valence-corrected chi connectivity index (χ1v) is 7.44. The van der Waals surface area contributed by atoms with Crippen molar-refractivity contribution in [2.75, 3.05) is 0 Å². The molecule has 0 aliphatic carbocycles. The van der Waals surface area contributed by atoms with Crippen LogP contribution in [0.25, 0.3) is 10.9 Å². The second-order valence-corrected chi connectivity index (χ2v) is 5.59. The number of hydrogen-bond acceptors (Lipinski definition) is 2. The molecule has 1 heterocycles. The number of aryl methyl sites for hydroxylation is 2. The number of hydrogen-bond donors (Lipinski definition) is 1. The van der Waals surface area contributed by atoms with Crippen molar-refractivity contribution in [3.05, 3.63) is 76.7 Å². The number of fused-ring (bicyclic) bond motifs is 1. The second kappa shape index (κ2) is 6.16. The summed E-state index contributed by atoms with van der Waals surface area (Å²) in [6.45, 7) is 4.21. The van der Waals surface area contributed by atoms with Gasteiger partial charge in [-0.25, -0.2) is 4.39 Å². The predicted molar refractivity (Wildman–Crippen MR) is 88.8 cm³/mol. The van der Waals surface area contributed by atoms with Gasteiger partial charge in [0.05, 0.1) is 11.1 Å². The Hall–Kier alpha value is -2.75. The van der Waals surface area contributed by atoms with E-state index < -0.39 is 0 Å². The molecule has 0 aliphatic heterocycles. The Morgan fingerprint density at radius 3 is 2.61 bits per heavy atom. The molecule has 3 rings (SSSR count). The number of nitrogens with one attached hydrogen (secondary N) is 1. The van der Waals surface area contributed by atoms with Gasteiger partial charge in [0.25, 0.3) is 5.91 Å². The average molecular weight is 308 g/mol. The summed E-state index contributed by atoms with van der Waals surface area (Å²) in [6.07, 6.45) is 0. The molecule has 0 saturated carbocycles. The fourth-order valence-corrected chi connectivity index (χ4v) is 2.59. The molecule has 0 saturated heterocycles. The van der Waals surface area contributed by atoms with Crippen molar-refractivity contribution >= 4 is 16.8 Å². The lowest BCUT2D eigenvalue weighted by Crippen LogP contribution is -2.23. The smallest absolute Gasteiger partial charge is 0.252 e. The van der Waals surface area contributed by atoms with Crippen LogP contribution < -0.4 is 5.32 Å². The SMILES string of the molecule is Cc1cc(C(=O)NCc2ccc(F)cc2)c2cccc(C)c2n1. The van der Waals surface area contributed by atoms with E-state index >= 15 is 0 Å². The third kappa shape index (κ3) is 3.21. The van der Waals surface area contributed by atoms with Crippen molar-refractivity contribution in [1.82, 2.24) is 10.3 Å². The van der Waals surface area contributed by atoms with E-state index in [1.54, 1.807) is 18.2 Å². The lowest BCUT2D eigenvalue weighted by atomic mass is 10.0. The van der Waals surface area contributed by atoms with Crippen molar-refractivity contribution in [3.8, 4) is 0 Å². The van der Waals surface area contributed by atoms with Crippen molar-refractivity contribution in [3.63, 3.8) is 0 Å². The monoisotopic (exact) mass is 308 g/mol. The summed E-state index contributed by atoms with van der Waals surface area (Å²) in [5.74, 6) is -0.443. The Morgan fingerprint density at radius 2 is 1.87 bits per heavy atom. The maximum absolute atomic E-state index is 12.9. The summed E-state index contributed by atoms with van der Waals surface area (Å²) in [5, 5.41) is 3.72. The Balaban J connectivity index is 1.89. The average Bonchev–Trinajstić information content (AvgIpc) is 2.54. The van der Waals surface area contributed by atoms with Crippen molar-refractivity contribution in [2.24, 2.45) is 0 Å². The van der Waals surface area contributed by atoms with Crippen LogP contribution in [0, 0.1) is 19.7 Å². The molecule has 0 unspecified atom stereocenters. The van der Waals surface area contributed by atoms with E-state index in [1.165, 1.54) is 12.1 Å². The van der Waals surface area contributed by atoms with Crippen molar-refractivity contribution in [1.29, 1.82) is 0 Å². The number of benzene rings is 2. The van der Waals surface area contributed by atoms with Crippen LogP contribution in [0.1, 0.15) is 27.2 Å². The molecule has 2 aromatic carbocycles. The minimum atomic E-state index is -0.286. The zero-order chi connectivity index (χ0) is 16.4. The first-order valence-electron chi connectivity index (χ1n) is 7.44. The molecule has 3 aromatic rings. The number of rotatable bonds is 3. The molecule has 116 valence electrons. The van der Waals surface area contributed by atoms with Crippen LogP contribution in [0.4, 0.5) is 4.39 Å². The molecule has 0 fully saturated rings. The van der Waals surface area contributed by atoms with Gasteiger partial charge in [-0.05, 0) is 43.2 Å². The second-order valence-electron chi connectivity index (χ2n) is 5.59. The van der Waals surface area contributed by atoms with E-state index in [-0.39, 0.29) is 11.7 Å². The van der Waals surface area contributed by atoms with E-state index in [1.807, 2.05) is 32.0 Å². The van der Waals surface area contributed by atoms with Gasteiger partial charge in [-0.1, -0.05) is 30.3 Å². The van der Waals surface area contributed by atoms with Crippen LogP contribution in [0.2, 0.25) is 0 Å². The van der Waals surface area contributed by atoms with Gasteiger partial charge in [-0.15, -0.1) is 0 Å². The highest BCUT2D eigenvalue weighted by Gasteiger charge is 2.12. The van der Waals surface area contributed by atoms with Gasteiger partial charge in [0, 0.05) is 17.6 Å². The van der Waals surface area contributed by atoms with Crippen LogP contribution in [0.15, 0.2) is 48.5 Å². The number of para-hydroxylation sites is 1. The molecule has 0 aliphatic rings. The predicted octanol–water partition coefficient (Wildman–Crippen LogP) is 3.92. The number of carbonyl (C=O) groups is 1. The molecule has 0 spiro atoms. The fraction of sp³-hybridized carbons (Fsp3) is 0.158. The number of nitrogens with zero attached hydrogens (tertiary/aromatic N) is 1. The maximum atomic E-state index is 12.9. The van der Waals surface area contributed by atoms with Crippen molar-refractivity contribution in [2.45, 2.75) is 20.4 Å². The number of carbonyl (C=O) groups excluding carboxylic acids is 1. The first kappa shape index (κ1) is 15.2. The van der Waals surface area contributed by atoms with Gasteiger partial charge < -0.3 is 5.32 Å². The van der Waals surface area contributed by atoms with Crippen LogP contribution in [0.5, 0.6) is 0 Å². The van der Waals surface area contributed by atoms with E-state index in [4.69, 9.17) is 0 Å². The van der Waals surface area contributed by atoms with Gasteiger partial charge >= 0.3 is 0 Å². The maximum Gasteiger partial charge on any atom is 0.252 e. The molecule has 1 aromatic heterocycles. The number of amides is 1. The molecule has 3 nitrogen and oxygen atoms in total. The van der Waals surface area contributed by atoms with Gasteiger partial charge in [-0.3, -0.25) is 9.78 Å². The van der Waals surface area contributed by atoms with Crippen molar-refractivity contribution < 1.29 is 9.18 Å². The third-order valence-electron chi connectivity index (χ3n) is 3.78. The molecule has 0 radical (unpaired) electrons. The van der Waals surface area contributed by atoms with Gasteiger partial charge in [0.2, 0.25) is 0 Å². The summed E-state index contributed by atoms with van der Waals surface area (Å²) in [7, 11) is 0. The largest absolute Gasteiger partial charge is 0.348 e. The van der Waals surface area contributed by atoms with Gasteiger partial charge in [0.15, 0.2) is 0 Å². The minimum absolute atomic E-state index is 0.157. The Labute approximate surface area is 134 Å². The Morgan fingerprint density at radius 1 is 1.13 bits per heavy atom. The quantitative estimate of drug-likeness (QED) is 0.797. The van der Waals surface area contributed by atoms with Crippen LogP contribution in [-0.2, 0) is 6.54 Å². The lowest BCUT2D eigenvalue weighted by molar-refractivity contribution is 0.0952. The molecule has 0 atom stereocenters. The topological polar surface area (TPSA) is 42.0 Å². The van der Waals surface area contributed by atoms with E-state index in [9.17, 15) is 9.18 Å². The standard InChI is InChI=1S/C19H17FN2O/c1-12-4-3-5-16-17(10-13(2)22-18(12)16)19(23)21-11-14-6-8-15(20)9-7-14/h3-10H,11H2,1-2H3,(H,21,23). The zero-order valence-electron chi connectivity index (χ0n) is 13.1. The van der Waals surface area contributed by atoms with E-state index in [2.05, 4.69) is 10.3 Å². The highest BCUT2D eigenvalue weighted by Crippen LogP contribution is 2.21. The van der Waals surface area contributed by atoms with E-state index in [0.717, 1.165) is 27.7 Å². The highest BCUT2D eigenvalue weighted by molar-refractivity contribution is 6.06. The molecule has 1 amide bonds. The summed E-state index contributed by atoms with van der Waals surface area (Å²) in [4.78, 5) is 17.1. The van der Waals surface area contributed by atoms with Crippen LogP contribution in [-0.4, -0.2) is 10.9 Å². The lowest BCUT2D eigenvalue weighted by Gasteiger charge is -2.10. The summed E-state index contributed by atoms with van der Waals surface area (Å²) < 4.78 is 12.9. The van der Waals surface area contributed by atoms with Crippen LogP contribution in [0.3, 0.4) is 0 Å². The number of halogens is 1. The van der Waals surface area contributed by atoms with Gasteiger partial charge in [-0.2, -0.15) is 0 Å². The van der Waals surface area contributed by atoms with Gasteiger partial charge in [0.1, 0.15) is 5.82 Å². The third-order valence-corrected chi connectivity index (χ3v) is 3.78. The molecular formula is C19H17FN2O. The molecule has 23 heavy (non-hydrogen) atoms. The number of aromatic nitrogens is 1. The normalized spacial score (nSPS) is 10.7. The van der Waals surface area contributed by atoms with E-state index in [0.29, 0.717) is 12.1 Å². The summed E-state index contributed by atoms with van der Waals surface area (Å²) >= 11 is 0. The first-order chi connectivity index (χ1) is 11.0. The molecule has 1 N–H and O–H groups in total. The number of pyridine rings is 1. The summed E-state index contributed by atoms with van der Waals surface area (Å²) in [6, 6.07) is 13.7. The van der Waals surface area contributed by atoms with Crippen LogP contribution >= 0.6 is 0 Å². The molecular weight excluding hydrogens is 291 g/mol. The minimum Gasteiger partial charge on any atom is -0.348 e.